The molecule has 27 heavy (non-hydrogen) atoms. The van der Waals surface area contributed by atoms with Crippen LogP contribution in [0.25, 0.3) is 0 Å². The molecule has 0 aliphatic rings. The van der Waals surface area contributed by atoms with Gasteiger partial charge >= 0.3 is 0 Å². The van der Waals surface area contributed by atoms with E-state index in [2.05, 4.69) is 15.9 Å². The Labute approximate surface area is 172 Å². The Morgan fingerprint density at radius 1 is 1.19 bits per heavy atom. The van der Waals surface area contributed by atoms with E-state index < -0.39 is 16.1 Å². The average molecular weight is 476 g/mol. The fraction of sp³-hybridized carbons (Fsp3) is 0.278. The van der Waals surface area contributed by atoms with Crippen molar-refractivity contribution in [2.24, 2.45) is 5.14 Å². The van der Waals surface area contributed by atoms with Crippen molar-refractivity contribution in [3.05, 3.63) is 57.5 Å². The summed E-state index contributed by atoms with van der Waals surface area (Å²) in [5, 5.41) is 5.66. The zero-order valence-corrected chi connectivity index (χ0v) is 18.2. The molecule has 0 bridgehead atoms. The lowest BCUT2D eigenvalue weighted by atomic mass is 10.1. The Balaban J connectivity index is 2.10. The summed E-state index contributed by atoms with van der Waals surface area (Å²) in [6, 6.07) is 10.9. The number of rotatable bonds is 6. The standard InChI is InChI=1S/C18H20BrClN2O4S/c1-11(13-4-7-15(8-5-13)27(21,24)25)22(3)18(23)12(2)26-17-9-6-14(20)10-16(17)19/h4-12H,1-3H3,(H2,21,24,25). The van der Waals surface area contributed by atoms with E-state index >= 15 is 0 Å². The molecule has 0 spiro atoms. The highest BCUT2D eigenvalue weighted by Gasteiger charge is 2.24. The van der Waals surface area contributed by atoms with Crippen molar-refractivity contribution in [3.63, 3.8) is 0 Å². The van der Waals surface area contributed by atoms with Crippen LogP contribution < -0.4 is 9.88 Å². The second-order valence-corrected chi connectivity index (χ2v) is 8.93. The van der Waals surface area contributed by atoms with Gasteiger partial charge in [-0.05, 0) is 65.7 Å². The lowest BCUT2D eigenvalue weighted by molar-refractivity contribution is -0.138. The van der Waals surface area contributed by atoms with E-state index in [-0.39, 0.29) is 16.8 Å². The number of carbonyl (C=O) groups is 1. The van der Waals surface area contributed by atoms with Crippen LogP contribution in [0.1, 0.15) is 25.5 Å². The SMILES string of the molecule is CC(Oc1ccc(Cl)cc1Br)C(=O)N(C)C(C)c1ccc(S(N)(=O)=O)cc1. The molecule has 2 N–H and O–H groups in total. The molecule has 0 aliphatic carbocycles. The molecule has 2 rings (SSSR count). The average Bonchev–Trinajstić information content (AvgIpc) is 2.61. The van der Waals surface area contributed by atoms with E-state index in [0.717, 1.165) is 5.56 Å². The van der Waals surface area contributed by atoms with Crippen LogP contribution in [-0.4, -0.2) is 32.4 Å². The number of carbonyl (C=O) groups excluding carboxylic acids is 1. The van der Waals surface area contributed by atoms with E-state index in [4.69, 9.17) is 21.5 Å². The van der Waals surface area contributed by atoms with Gasteiger partial charge in [0.25, 0.3) is 5.91 Å². The molecule has 146 valence electrons. The van der Waals surface area contributed by atoms with Crippen LogP contribution in [0.3, 0.4) is 0 Å². The molecular weight excluding hydrogens is 456 g/mol. The number of halogens is 2. The van der Waals surface area contributed by atoms with Crippen molar-refractivity contribution in [2.75, 3.05) is 7.05 Å². The van der Waals surface area contributed by atoms with Crippen molar-refractivity contribution < 1.29 is 17.9 Å². The van der Waals surface area contributed by atoms with Gasteiger partial charge in [-0.1, -0.05) is 23.7 Å². The van der Waals surface area contributed by atoms with E-state index in [0.29, 0.717) is 15.2 Å². The molecule has 0 aliphatic heterocycles. The largest absolute Gasteiger partial charge is 0.480 e. The summed E-state index contributed by atoms with van der Waals surface area (Å²) in [4.78, 5) is 14.3. The molecule has 2 aromatic carbocycles. The van der Waals surface area contributed by atoms with Crippen molar-refractivity contribution >= 4 is 43.5 Å². The maximum Gasteiger partial charge on any atom is 0.263 e. The quantitative estimate of drug-likeness (QED) is 0.689. The van der Waals surface area contributed by atoms with Gasteiger partial charge in [-0.25, -0.2) is 13.6 Å². The molecule has 0 fully saturated rings. The topological polar surface area (TPSA) is 89.7 Å². The van der Waals surface area contributed by atoms with Crippen molar-refractivity contribution in [3.8, 4) is 5.75 Å². The minimum absolute atomic E-state index is 0.0247. The van der Waals surface area contributed by atoms with Gasteiger partial charge in [0, 0.05) is 12.1 Å². The third kappa shape index (κ3) is 5.44. The molecule has 0 saturated heterocycles. The Morgan fingerprint density at radius 2 is 1.78 bits per heavy atom. The van der Waals surface area contributed by atoms with Crippen LogP contribution in [0.15, 0.2) is 51.8 Å². The van der Waals surface area contributed by atoms with Gasteiger partial charge in [-0.2, -0.15) is 0 Å². The summed E-state index contributed by atoms with van der Waals surface area (Å²) in [5.41, 5.74) is 0.776. The summed E-state index contributed by atoms with van der Waals surface area (Å²) in [6.07, 6.45) is -0.724. The fourth-order valence-electron chi connectivity index (χ4n) is 2.45. The molecule has 2 aromatic rings. The van der Waals surface area contributed by atoms with E-state index in [9.17, 15) is 13.2 Å². The van der Waals surface area contributed by atoms with E-state index in [1.165, 1.54) is 12.1 Å². The lowest BCUT2D eigenvalue weighted by Gasteiger charge is -2.28. The lowest BCUT2D eigenvalue weighted by Crippen LogP contribution is -2.39. The zero-order valence-electron chi connectivity index (χ0n) is 15.0. The first-order chi connectivity index (χ1) is 12.5. The van der Waals surface area contributed by atoms with Crippen LogP contribution in [0.5, 0.6) is 5.75 Å². The van der Waals surface area contributed by atoms with Gasteiger partial charge in [0.15, 0.2) is 6.10 Å². The van der Waals surface area contributed by atoms with Gasteiger partial charge in [0.1, 0.15) is 5.75 Å². The fourth-order valence-corrected chi connectivity index (χ4v) is 3.74. The number of ether oxygens (including phenoxy) is 1. The Morgan fingerprint density at radius 3 is 2.30 bits per heavy atom. The molecular formula is C18H20BrClN2O4S. The Bertz CT molecular complexity index is 935. The maximum atomic E-state index is 12.7. The third-order valence-electron chi connectivity index (χ3n) is 4.17. The van der Waals surface area contributed by atoms with Crippen LogP contribution in [0.2, 0.25) is 5.02 Å². The molecule has 9 heteroatoms. The molecule has 1 amide bonds. The molecule has 2 atom stereocenters. The third-order valence-corrected chi connectivity index (χ3v) is 5.95. The van der Waals surface area contributed by atoms with Gasteiger partial charge in [-0.3, -0.25) is 4.79 Å². The minimum Gasteiger partial charge on any atom is -0.480 e. The van der Waals surface area contributed by atoms with Gasteiger partial charge in [-0.15, -0.1) is 0 Å². The molecule has 0 radical (unpaired) electrons. The molecule has 0 saturated carbocycles. The number of hydrogen-bond acceptors (Lipinski definition) is 4. The highest BCUT2D eigenvalue weighted by atomic mass is 79.9. The first kappa shape index (κ1) is 21.7. The molecule has 0 aromatic heterocycles. The molecule has 6 nitrogen and oxygen atoms in total. The van der Waals surface area contributed by atoms with Crippen molar-refractivity contribution in [2.45, 2.75) is 30.9 Å². The summed E-state index contributed by atoms with van der Waals surface area (Å²) >= 11 is 9.27. The number of sulfonamides is 1. The Kier molecular flexibility index (Phi) is 6.91. The van der Waals surface area contributed by atoms with E-state index in [1.54, 1.807) is 49.2 Å². The predicted octanol–water partition coefficient (Wildman–Crippen LogP) is 3.74. The van der Waals surface area contributed by atoms with Crippen LogP contribution in [0, 0.1) is 0 Å². The number of nitrogens with two attached hydrogens (primary N) is 1. The molecule has 0 heterocycles. The smallest absolute Gasteiger partial charge is 0.263 e. The van der Waals surface area contributed by atoms with Crippen LogP contribution in [0.4, 0.5) is 0 Å². The summed E-state index contributed by atoms with van der Waals surface area (Å²) in [7, 11) is -2.09. The number of hydrogen-bond donors (Lipinski definition) is 1. The minimum atomic E-state index is -3.75. The monoisotopic (exact) mass is 474 g/mol. The second kappa shape index (κ2) is 8.60. The first-order valence-corrected chi connectivity index (χ1v) is 10.7. The maximum absolute atomic E-state index is 12.7. The highest BCUT2D eigenvalue weighted by Crippen LogP contribution is 2.29. The molecule has 2 unspecified atom stereocenters. The highest BCUT2D eigenvalue weighted by molar-refractivity contribution is 9.10. The van der Waals surface area contributed by atoms with E-state index in [1.807, 2.05) is 6.92 Å². The van der Waals surface area contributed by atoms with Gasteiger partial charge in [0.2, 0.25) is 10.0 Å². The van der Waals surface area contributed by atoms with Crippen LogP contribution in [-0.2, 0) is 14.8 Å². The zero-order chi connectivity index (χ0) is 20.4. The van der Waals surface area contributed by atoms with Gasteiger partial charge in [0.05, 0.1) is 15.4 Å². The normalized spacial score (nSPS) is 13.7. The van der Waals surface area contributed by atoms with Crippen LogP contribution >= 0.6 is 27.5 Å². The summed E-state index contributed by atoms with van der Waals surface area (Å²) in [5.74, 6) is 0.290. The first-order valence-electron chi connectivity index (χ1n) is 8.02. The summed E-state index contributed by atoms with van der Waals surface area (Å²) in [6.45, 7) is 3.51. The summed E-state index contributed by atoms with van der Waals surface area (Å²) < 4.78 is 29.1. The number of likely N-dealkylation sites (N-methyl/N-ethyl adjacent to an activating group) is 1. The van der Waals surface area contributed by atoms with Crippen molar-refractivity contribution in [1.29, 1.82) is 0 Å². The predicted molar refractivity (Wildman–Crippen MR) is 108 cm³/mol. The number of amides is 1. The van der Waals surface area contributed by atoms with Crippen molar-refractivity contribution in [1.82, 2.24) is 4.90 Å². The number of benzene rings is 2. The number of nitrogens with zero attached hydrogens (tertiary/aromatic N) is 1. The second-order valence-electron chi connectivity index (χ2n) is 6.07. The number of primary sulfonamides is 1. The Hall–Kier alpha value is -1.61. The van der Waals surface area contributed by atoms with Gasteiger partial charge < -0.3 is 9.64 Å².